The Bertz CT molecular complexity index is 1250. The second kappa shape index (κ2) is 12.7. The van der Waals surface area contributed by atoms with Gasteiger partial charge in [-0.1, -0.05) is 6.07 Å². The molecule has 0 aromatic carbocycles. The number of pyridine rings is 2. The lowest BCUT2D eigenvalue weighted by Crippen LogP contribution is -2.44. The van der Waals surface area contributed by atoms with Crippen molar-refractivity contribution in [3.8, 4) is 17.3 Å². The van der Waals surface area contributed by atoms with Gasteiger partial charge in [-0.2, -0.15) is 5.26 Å². The molecule has 1 saturated heterocycles. The highest BCUT2D eigenvalue weighted by molar-refractivity contribution is 5.80. The summed E-state index contributed by atoms with van der Waals surface area (Å²) in [6, 6.07) is 11.4. The summed E-state index contributed by atoms with van der Waals surface area (Å²) in [6.07, 6.45) is 8.70. The zero-order valence-corrected chi connectivity index (χ0v) is 24.1. The van der Waals surface area contributed by atoms with Crippen LogP contribution in [-0.2, 0) is 14.3 Å². The molecule has 3 fully saturated rings. The van der Waals surface area contributed by atoms with E-state index in [2.05, 4.69) is 40.0 Å². The summed E-state index contributed by atoms with van der Waals surface area (Å²) in [7, 11) is 0. The van der Waals surface area contributed by atoms with Gasteiger partial charge >= 0.3 is 5.97 Å². The fourth-order valence-corrected chi connectivity index (χ4v) is 5.79. The van der Waals surface area contributed by atoms with Crippen molar-refractivity contribution in [1.82, 2.24) is 15.3 Å². The Morgan fingerprint density at radius 3 is 2.59 bits per heavy atom. The van der Waals surface area contributed by atoms with E-state index in [4.69, 9.17) is 14.5 Å². The number of hydrogen-bond acceptors (Lipinski definition) is 9. The third-order valence-corrected chi connectivity index (χ3v) is 8.73. The lowest BCUT2D eigenvalue weighted by molar-refractivity contribution is -0.154. The molecular formula is C31H42N6O4. The van der Waals surface area contributed by atoms with Gasteiger partial charge in [0.05, 0.1) is 23.8 Å². The number of aryl methyl sites for hydroxylation is 1. The Kier molecular flexibility index (Phi) is 9.07. The van der Waals surface area contributed by atoms with Crippen LogP contribution >= 0.6 is 0 Å². The zero-order valence-electron chi connectivity index (χ0n) is 24.1. The van der Waals surface area contributed by atoms with Crippen LogP contribution in [0.3, 0.4) is 0 Å². The van der Waals surface area contributed by atoms with Crippen LogP contribution in [0.15, 0.2) is 30.5 Å². The molecule has 4 N–H and O–H groups in total. The number of anilines is 2. The average Bonchev–Trinajstić information content (AvgIpc) is 3.79. The number of ether oxygens (including phenoxy) is 2. The van der Waals surface area contributed by atoms with Crippen LogP contribution in [0.1, 0.15) is 63.9 Å². The number of nitriles is 1. The Labute approximate surface area is 242 Å². The summed E-state index contributed by atoms with van der Waals surface area (Å²) in [5.41, 5.74) is 1.61. The quantitative estimate of drug-likeness (QED) is 0.292. The molecule has 0 bridgehead atoms. The van der Waals surface area contributed by atoms with Crippen molar-refractivity contribution in [3.63, 3.8) is 0 Å². The second-order valence-corrected chi connectivity index (χ2v) is 12.0. The topological polar surface area (TPSA) is 141 Å². The minimum absolute atomic E-state index is 0.113. The van der Waals surface area contributed by atoms with Gasteiger partial charge in [0.25, 0.3) is 0 Å². The fourth-order valence-electron chi connectivity index (χ4n) is 5.79. The van der Waals surface area contributed by atoms with Gasteiger partial charge in [0.2, 0.25) is 0 Å². The number of carbonyl (C=O) groups is 1. The minimum Gasteiger partial charge on any atom is -0.479 e. The molecule has 3 aliphatic rings. The van der Waals surface area contributed by atoms with Crippen molar-refractivity contribution in [2.75, 3.05) is 37.0 Å². The number of nitrogens with one attached hydrogen (secondary N) is 3. The number of hydrogen-bond donors (Lipinski definition) is 4. The van der Waals surface area contributed by atoms with Gasteiger partial charge in [0.1, 0.15) is 11.6 Å². The molecule has 5 rings (SSSR count). The number of carboxylic acids is 1. The van der Waals surface area contributed by atoms with Crippen LogP contribution in [0.5, 0.6) is 0 Å². The largest absolute Gasteiger partial charge is 0.479 e. The molecule has 220 valence electrons. The van der Waals surface area contributed by atoms with Crippen LogP contribution in [-0.4, -0.2) is 71.1 Å². The summed E-state index contributed by atoms with van der Waals surface area (Å²) in [5, 5.41) is 29.7. The van der Waals surface area contributed by atoms with E-state index in [0.29, 0.717) is 51.3 Å². The monoisotopic (exact) mass is 562 g/mol. The highest BCUT2D eigenvalue weighted by Crippen LogP contribution is 2.40. The van der Waals surface area contributed by atoms with E-state index in [1.54, 1.807) is 0 Å². The van der Waals surface area contributed by atoms with Crippen LogP contribution in [0.4, 0.5) is 11.6 Å². The molecule has 2 aromatic heterocycles. The fraction of sp³-hybridized carbons (Fsp3) is 0.613. The Morgan fingerprint density at radius 2 is 1.90 bits per heavy atom. The molecule has 2 aromatic rings. The van der Waals surface area contributed by atoms with Gasteiger partial charge in [0, 0.05) is 49.6 Å². The minimum atomic E-state index is -0.935. The third-order valence-electron chi connectivity index (χ3n) is 8.73. The number of nitrogens with zero attached hydrogens (tertiary/aromatic N) is 3. The molecule has 2 saturated carbocycles. The van der Waals surface area contributed by atoms with E-state index in [1.807, 2.05) is 31.3 Å². The Balaban J connectivity index is 1.13. The summed E-state index contributed by atoms with van der Waals surface area (Å²) < 4.78 is 11.2. The van der Waals surface area contributed by atoms with Crippen molar-refractivity contribution in [1.29, 1.82) is 5.26 Å². The van der Waals surface area contributed by atoms with Gasteiger partial charge in [-0.15, -0.1) is 0 Å². The number of carboxylic acid groups (broad SMARTS) is 1. The van der Waals surface area contributed by atoms with Crippen molar-refractivity contribution >= 4 is 17.6 Å². The van der Waals surface area contributed by atoms with Gasteiger partial charge in [-0.3, -0.25) is 0 Å². The molecule has 1 atom stereocenters. The summed E-state index contributed by atoms with van der Waals surface area (Å²) in [4.78, 5) is 20.8. The summed E-state index contributed by atoms with van der Waals surface area (Å²) in [6.45, 7) is 6.32. The van der Waals surface area contributed by atoms with Crippen LogP contribution in [0.2, 0.25) is 0 Å². The van der Waals surface area contributed by atoms with Crippen molar-refractivity contribution in [2.24, 2.45) is 5.41 Å². The molecule has 10 nitrogen and oxygen atoms in total. The van der Waals surface area contributed by atoms with Crippen LogP contribution in [0, 0.1) is 23.7 Å². The Morgan fingerprint density at radius 1 is 1.17 bits per heavy atom. The second-order valence-electron chi connectivity index (χ2n) is 12.0. The molecular weight excluding hydrogens is 520 g/mol. The van der Waals surface area contributed by atoms with E-state index in [0.717, 1.165) is 67.0 Å². The van der Waals surface area contributed by atoms with E-state index in [-0.39, 0.29) is 6.04 Å². The normalized spacial score (nSPS) is 23.6. The molecule has 3 heterocycles. The van der Waals surface area contributed by atoms with E-state index in [9.17, 15) is 15.2 Å². The molecule has 10 heteroatoms. The lowest BCUT2D eigenvalue weighted by Gasteiger charge is -2.32. The highest BCUT2D eigenvalue weighted by atomic mass is 16.5. The molecule has 0 amide bonds. The van der Waals surface area contributed by atoms with Crippen LogP contribution in [0.25, 0.3) is 11.3 Å². The first-order chi connectivity index (χ1) is 19.8. The molecule has 1 aliphatic heterocycles. The van der Waals surface area contributed by atoms with E-state index < -0.39 is 17.0 Å². The maximum absolute atomic E-state index is 11.3. The van der Waals surface area contributed by atoms with E-state index >= 15 is 0 Å². The summed E-state index contributed by atoms with van der Waals surface area (Å²) in [5.74, 6) is 0.761. The first-order valence-electron chi connectivity index (χ1n) is 14.9. The summed E-state index contributed by atoms with van der Waals surface area (Å²) >= 11 is 0. The predicted octanol–water partition coefficient (Wildman–Crippen LogP) is 4.52. The molecule has 2 aliphatic carbocycles. The molecule has 41 heavy (non-hydrogen) atoms. The van der Waals surface area contributed by atoms with Gasteiger partial charge in [-0.05, 0) is 89.0 Å². The highest BCUT2D eigenvalue weighted by Gasteiger charge is 2.52. The van der Waals surface area contributed by atoms with E-state index in [1.165, 1.54) is 0 Å². The van der Waals surface area contributed by atoms with Crippen molar-refractivity contribution in [3.05, 3.63) is 36.0 Å². The predicted molar refractivity (Wildman–Crippen MR) is 157 cm³/mol. The number of aromatic nitrogens is 2. The van der Waals surface area contributed by atoms with Gasteiger partial charge < -0.3 is 30.5 Å². The molecule has 0 unspecified atom stereocenters. The van der Waals surface area contributed by atoms with Crippen molar-refractivity contribution < 1.29 is 19.4 Å². The van der Waals surface area contributed by atoms with Gasteiger partial charge in [0.15, 0.2) is 5.60 Å². The first-order valence-corrected chi connectivity index (χ1v) is 14.9. The SMILES string of the molecule is Cc1cnc(N[C@H]2CC[C@H](N[C@@H](C)COC3(C(=O)O)CC3)CC2)cc1-c1cccc(NCC2(C#N)CCOCC2)n1. The lowest BCUT2D eigenvalue weighted by atomic mass is 9.82. The first kappa shape index (κ1) is 29.2. The number of aliphatic carboxylic acids is 1. The maximum Gasteiger partial charge on any atom is 0.335 e. The maximum atomic E-state index is 11.3. The van der Waals surface area contributed by atoms with Gasteiger partial charge in [-0.25, -0.2) is 14.8 Å². The van der Waals surface area contributed by atoms with Crippen LogP contribution < -0.4 is 16.0 Å². The van der Waals surface area contributed by atoms with Crippen molar-refractivity contribution in [2.45, 2.75) is 88.9 Å². The number of rotatable bonds is 12. The molecule has 0 spiro atoms. The zero-order chi connectivity index (χ0) is 28.9. The standard InChI is InChI=1S/C31H42N6O4/c1-21-17-33-28(36-24-8-6-23(7-9-24)35-22(2)18-41-31(10-11-31)29(38)39)16-25(21)26-4-3-5-27(37-26)34-20-30(19-32)12-14-40-15-13-30/h3-5,16-17,22-24,35H,6-15,18,20H2,1-2H3,(H,33,36)(H,34,37)(H,38,39)/t22-,23-,24-/m0/s1. The Hall–Kier alpha value is -3.26. The average molecular weight is 563 g/mol. The molecule has 0 radical (unpaired) electrons. The smallest absolute Gasteiger partial charge is 0.335 e. The third kappa shape index (κ3) is 7.34.